The second-order valence-electron chi connectivity index (χ2n) is 6.87. The SMILES string of the molecule is Cc1nn(-c2ccccc2)c(C)c1CNC(=O)CCc1nc2ccccc2[nH]1. The van der Waals surface area contributed by atoms with E-state index >= 15 is 0 Å². The molecular formula is C22H23N5O. The van der Waals surface area contributed by atoms with E-state index in [1.807, 2.05) is 73.1 Å². The minimum Gasteiger partial charge on any atom is -0.352 e. The lowest BCUT2D eigenvalue weighted by Crippen LogP contribution is -2.23. The molecule has 0 saturated heterocycles. The summed E-state index contributed by atoms with van der Waals surface area (Å²) in [4.78, 5) is 20.1. The Morgan fingerprint density at radius 1 is 1.07 bits per heavy atom. The molecule has 2 N–H and O–H groups in total. The van der Waals surface area contributed by atoms with Gasteiger partial charge in [0.15, 0.2) is 0 Å². The average Bonchev–Trinajstić information content (AvgIpc) is 3.26. The molecule has 6 heteroatoms. The van der Waals surface area contributed by atoms with Gasteiger partial charge < -0.3 is 10.3 Å². The summed E-state index contributed by atoms with van der Waals surface area (Å²) in [5.41, 5.74) is 5.97. The second kappa shape index (κ2) is 7.68. The summed E-state index contributed by atoms with van der Waals surface area (Å²) in [6, 6.07) is 17.9. The Kier molecular flexibility index (Phi) is 4.93. The summed E-state index contributed by atoms with van der Waals surface area (Å²) < 4.78 is 1.92. The number of nitrogens with one attached hydrogen (secondary N) is 2. The van der Waals surface area contributed by atoms with Crippen LogP contribution in [-0.4, -0.2) is 25.7 Å². The summed E-state index contributed by atoms with van der Waals surface area (Å²) in [5, 5.41) is 7.64. The zero-order chi connectivity index (χ0) is 19.5. The van der Waals surface area contributed by atoms with E-state index in [1.165, 1.54) is 0 Å². The molecule has 1 amide bonds. The van der Waals surface area contributed by atoms with Gasteiger partial charge in [0.05, 0.1) is 22.4 Å². The van der Waals surface area contributed by atoms with Gasteiger partial charge in [-0.1, -0.05) is 30.3 Å². The Bertz CT molecular complexity index is 1080. The van der Waals surface area contributed by atoms with E-state index in [0.29, 0.717) is 19.4 Å². The number of para-hydroxylation sites is 3. The predicted molar refractivity (Wildman–Crippen MR) is 109 cm³/mol. The molecule has 0 aliphatic heterocycles. The minimum atomic E-state index is 0.00622. The summed E-state index contributed by atoms with van der Waals surface area (Å²) in [7, 11) is 0. The monoisotopic (exact) mass is 373 g/mol. The number of nitrogens with zero attached hydrogens (tertiary/aromatic N) is 3. The summed E-state index contributed by atoms with van der Waals surface area (Å²) in [6.45, 7) is 4.48. The number of rotatable bonds is 6. The maximum absolute atomic E-state index is 12.3. The van der Waals surface area contributed by atoms with Crippen LogP contribution in [0.15, 0.2) is 54.6 Å². The van der Waals surface area contributed by atoms with Crippen LogP contribution in [0.5, 0.6) is 0 Å². The quantitative estimate of drug-likeness (QED) is 0.542. The maximum Gasteiger partial charge on any atom is 0.220 e. The normalized spacial score (nSPS) is 11.1. The van der Waals surface area contributed by atoms with Crippen LogP contribution in [-0.2, 0) is 17.8 Å². The molecule has 4 rings (SSSR count). The number of hydrogen-bond donors (Lipinski definition) is 2. The number of imidazole rings is 1. The van der Waals surface area contributed by atoms with Gasteiger partial charge in [-0.2, -0.15) is 5.10 Å². The van der Waals surface area contributed by atoms with Gasteiger partial charge in [0.25, 0.3) is 0 Å². The molecule has 0 aliphatic carbocycles. The maximum atomic E-state index is 12.3. The summed E-state index contributed by atoms with van der Waals surface area (Å²) in [6.07, 6.45) is 0.979. The highest BCUT2D eigenvalue weighted by molar-refractivity contribution is 5.77. The number of amides is 1. The number of benzene rings is 2. The molecule has 0 unspecified atom stereocenters. The van der Waals surface area contributed by atoms with E-state index in [1.54, 1.807) is 0 Å². The number of H-pyrrole nitrogens is 1. The Hall–Kier alpha value is -3.41. The van der Waals surface area contributed by atoms with E-state index in [-0.39, 0.29) is 5.91 Å². The Balaban J connectivity index is 1.37. The topological polar surface area (TPSA) is 75.6 Å². The molecule has 0 fully saturated rings. The van der Waals surface area contributed by atoms with Crippen LogP contribution >= 0.6 is 0 Å². The fourth-order valence-corrected chi connectivity index (χ4v) is 3.38. The number of aryl methyl sites for hydroxylation is 2. The fourth-order valence-electron chi connectivity index (χ4n) is 3.38. The Morgan fingerprint density at radius 2 is 1.82 bits per heavy atom. The van der Waals surface area contributed by atoms with Crippen LogP contribution in [0.25, 0.3) is 16.7 Å². The summed E-state index contributed by atoms with van der Waals surface area (Å²) in [5.74, 6) is 0.840. The lowest BCUT2D eigenvalue weighted by atomic mass is 10.2. The van der Waals surface area contributed by atoms with E-state index in [2.05, 4.69) is 20.4 Å². The first-order valence-corrected chi connectivity index (χ1v) is 9.42. The highest BCUT2D eigenvalue weighted by Crippen LogP contribution is 2.18. The largest absolute Gasteiger partial charge is 0.352 e. The molecule has 6 nitrogen and oxygen atoms in total. The lowest BCUT2D eigenvalue weighted by molar-refractivity contribution is -0.121. The average molecular weight is 373 g/mol. The number of carbonyl (C=O) groups excluding carboxylic acids is 1. The van der Waals surface area contributed by atoms with E-state index in [9.17, 15) is 4.79 Å². The molecule has 0 aliphatic rings. The van der Waals surface area contributed by atoms with Gasteiger partial charge in [-0.25, -0.2) is 9.67 Å². The van der Waals surface area contributed by atoms with Crippen molar-refractivity contribution in [2.75, 3.05) is 0 Å². The van der Waals surface area contributed by atoms with Gasteiger partial charge >= 0.3 is 0 Å². The van der Waals surface area contributed by atoms with Crippen molar-refractivity contribution in [1.82, 2.24) is 25.1 Å². The van der Waals surface area contributed by atoms with Crippen molar-refractivity contribution >= 4 is 16.9 Å². The first kappa shape index (κ1) is 18.0. The van der Waals surface area contributed by atoms with Crippen LogP contribution in [0.3, 0.4) is 0 Å². The molecular weight excluding hydrogens is 350 g/mol. The van der Waals surface area contributed by atoms with Crippen LogP contribution < -0.4 is 5.32 Å². The highest BCUT2D eigenvalue weighted by Gasteiger charge is 2.14. The van der Waals surface area contributed by atoms with Gasteiger partial charge in [-0.05, 0) is 38.1 Å². The zero-order valence-electron chi connectivity index (χ0n) is 16.1. The van der Waals surface area contributed by atoms with E-state index in [0.717, 1.165) is 39.5 Å². The Labute approximate surface area is 163 Å². The molecule has 0 saturated carbocycles. The smallest absolute Gasteiger partial charge is 0.220 e. The number of hydrogen-bond acceptors (Lipinski definition) is 3. The number of aromatic amines is 1. The van der Waals surface area contributed by atoms with Crippen molar-refractivity contribution in [3.05, 3.63) is 77.4 Å². The molecule has 2 aromatic carbocycles. The molecule has 0 bridgehead atoms. The van der Waals surface area contributed by atoms with Crippen molar-refractivity contribution in [2.45, 2.75) is 33.2 Å². The molecule has 2 heterocycles. The molecule has 0 spiro atoms. The van der Waals surface area contributed by atoms with Crippen LogP contribution in [0.4, 0.5) is 0 Å². The van der Waals surface area contributed by atoms with Gasteiger partial charge in [-0.3, -0.25) is 4.79 Å². The van der Waals surface area contributed by atoms with Crippen molar-refractivity contribution in [2.24, 2.45) is 0 Å². The van der Waals surface area contributed by atoms with Crippen LogP contribution in [0.1, 0.15) is 29.2 Å². The number of fused-ring (bicyclic) bond motifs is 1. The van der Waals surface area contributed by atoms with Gasteiger partial charge in [-0.15, -0.1) is 0 Å². The van der Waals surface area contributed by atoms with Crippen LogP contribution in [0.2, 0.25) is 0 Å². The standard InChI is InChI=1S/C22H23N5O/c1-15-18(16(2)27(26-15)17-8-4-3-5-9-17)14-23-22(28)13-12-21-24-19-10-6-7-11-20(19)25-21/h3-11H,12-14H2,1-2H3,(H,23,28)(H,24,25). The third-order valence-corrected chi connectivity index (χ3v) is 4.93. The molecule has 0 atom stereocenters. The first-order valence-electron chi connectivity index (χ1n) is 9.42. The minimum absolute atomic E-state index is 0.00622. The fraction of sp³-hybridized carbons (Fsp3) is 0.227. The molecule has 28 heavy (non-hydrogen) atoms. The third-order valence-electron chi connectivity index (χ3n) is 4.93. The van der Waals surface area contributed by atoms with Gasteiger partial charge in [0, 0.05) is 30.6 Å². The summed E-state index contributed by atoms with van der Waals surface area (Å²) >= 11 is 0. The van der Waals surface area contributed by atoms with Crippen molar-refractivity contribution in [1.29, 1.82) is 0 Å². The first-order chi connectivity index (χ1) is 13.6. The lowest BCUT2D eigenvalue weighted by Gasteiger charge is -2.07. The third kappa shape index (κ3) is 3.67. The van der Waals surface area contributed by atoms with E-state index < -0.39 is 0 Å². The predicted octanol–water partition coefficient (Wildman–Crippen LogP) is 3.61. The van der Waals surface area contributed by atoms with Crippen molar-refractivity contribution in [3.63, 3.8) is 0 Å². The highest BCUT2D eigenvalue weighted by atomic mass is 16.1. The van der Waals surface area contributed by atoms with Crippen molar-refractivity contribution < 1.29 is 4.79 Å². The molecule has 0 radical (unpaired) electrons. The Morgan fingerprint density at radius 3 is 2.61 bits per heavy atom. The van der Waals surface area contributed by atoms with E-state index in [4.69, 9.17) is 0 Å². The van der Waals surface area contributed by atoms with Crippen molar-refractivity contribution in [3.8, 4) is 5.69 Å². The molecule has 2 aromatic heterocycles. The number of carbonyl (C=O) groups is 1. The van der Waals surface area contributed by atoms with Crippen LogP contribution in [0, 0.1) is 13.8 Å². The molecule has 142 valence electrons. The van der Waals surface area contributed by atoms with Gasteiger partial charge in [0.1, 0.15) is 5.82 Å². The molecule has 4 aromatic rings. The van der Waals surface area contributed by atoms with Gasteiger partial charge in [0.2, 0.25) is 5.91 Å². The second-order valence-corrected chi connectivity index (χ2v) is 6.87. The number of aromatic nitrogens is 4. The zero-order valence-corrected chi connectivity index (χ0v) is 16.1.